The van der Waals surface area contributed by atoms with Crippen LogP contribution in [0.5, 0.6) is 11.5 Å². The Hall–Kier alpha value is -1.62. The number of methoxy groups -OCH3 is 1. The molecular formula is C14H10Cl3NO3. The zero-order chi connectivity index (χ0) is 15.6. The maximum absolute atomic E-state index is 11.8. The van der Waals surface area contributed by atoms with Crippen LogP contribution in [0.4, 0.5) is 5.69 Å². The summed E-state index contributed by atoms with van der Waals surface area (Å²) in [5.74, 6) is -0.264. The third kappa shape index (κ3) is 3.35. The van der Waals surface area contributed by atoms with Gasteiger partial charge in [0.05, 0.1) is 17.2 Å². The number of carbonyl (C=O) groups is 1. The molecule has 0 saturated heterocycles. The number of anilines is 1. The fourth-order valence-electron chi connectivity index (χ4n) is 1.65. The zero-order valence-electron chi connectivity index (χ0n) is 10.8. The van der Waals surface area contributed by atoms with Gasteiger partial charge >= 0.3 is 5.97 Å². The lowest BCUT2D eigenvalue weighted by atomic mass is 10.1. The van der Waals surface area contributed by atoms with Gasteiger partial charge in [0, 0.05) is 5.69 Å². The van der Waals surface area contributed by atoms with E-state index in [0.717, 1.165) is 0 Å². The van der Waals surface area contributed by atoms with Gasteiger partial charge in [-0.2, -0.15) is 0 Å². The lowest BCUT2D eigenvalue weighted by Gasteiger charge is -2.14. The largest absolute Gasteiger partial charge is 0.465 e. The Kier molecular flexibility index (Phi) is 4.83. The van der Waals surface area contributed by atoms with Gasteiger partial charge in [0.1, 0.15) is 16.3 Å². The van der Waals surface area contributed by atoms with Crippen molar-refractivity contribution < 1.29 is 14.3 Å². The van der Waals surface area contributed by atoms with E-state index in [2.05, 4.69) is 4.74 Å². The van der Waals surface area contributed by atoms with E-state index in [1.165, 1.54) is 19.2 Å². The van der Waals surface area contributed by atoms with Crippen LogP contribution in [0.3, 0.4) is 0 Å². The summed E-state index contributed by atoms with van der Waals surface area (Å²) in [6.07, 6.45) is 0. The number of benzene rings is 2. The molecule has 0 aromatic heterocycles. The third-order valence-electron chi connectivity index (χ3n) is 2.60. The van der Waals surface area contributed by atoms with Crippen LogP contribution >= 0.6 is 34.8 Å². The highest BCUT2D eigenvalue weighted by Crippen LogP contribution is 2.39. The lowest BCUT2D eigenvalue weighted by Crippen LogP contribution is -2.05. The number of ether oxygens (including phenoxy) is 2. The molecule has 0 aliphatic rings. The third-order valence-corrected chi connectivity index (χ3v) is 3.68. The molecule has 110 valence electrons. The Morgan fingerprint density at radius 2 is 1.86 bits per heavy atom. The molecule has 0 radical (unpaired) electrons. The van der Waals surface area contributed by atoms with Crippen molar-refractivity contribution in [2.24, 2.45) is 0 Å². The minimum atomic E-state index is -0.627. The molecule has 21 heavy (non-hydrogen) atoms. The zero-order valence-corrected chi connectivity index (χ0v) is 13.1. The average molecular weight is 347 g/mol. The van der Waals surface area contributed by atoms with Crippen LogP contribution in [0.15, 0.2) is 30.3 Å². The minimum Gasteiger partial charge on any atom is -0.465 e. The molecule has 7 heteroatoms. The summed E-state index contributed by atoms with van der Waals surface area (Å²) < 4.78 is 10.3. The lowest BCUT2D eigenvalue weighted by molar-refractivity contribution is 0.0598. The fraction of sp³-hybridized carbons (Fsp3) is 0.0714. The second kappa shape index (κ2) is 6.43. The van der Waals surface area contributed by atoms with Gasteiger partial charge < -0.3 is 15.2 Å². The van der Waals surface area contributed by atoms with Crippen molar-refractivity contribution in [2.45, 2.75) is 0 Å². The second-order valence-corrected chi connectivity index (χ2v) is 5.22. The van der Waals surface area contributed by atoms with E-state index in [1.807, 2.05) is 0 Å². The van der Waals surface area contributed by atoms with Crippen LogP contribution < -0.4 is 10.5 Å². The molecule has 0 fully saturated rings. The van der Waals surface area contributed by atoms with E-state index < -0.39 is 5.97 Å². The second-order valence-electron chi connectivity index (χ2n) is 4.03. The normalized spacial score (nSPS) is 10.3. The van der Waals surface area contributed by atoms with E-state index in [4.69, 9.17) is 45.3 Å². The first-order valence-electron chi connectivity index (χ1n) is 5.73. The first kappa shape index (κ1) is 15.8. The molecule has 2 N–H and O–H groups in total. The minimum absolute atomic E-state index is 0.0959. The van der Waals surface area contributed by atoms with E-state index in [9.17, 15) is 4.79 Å². The summed E-state index contributed by atoms with van der Waals surface area (Å²) >= 11 is 18.1. The van der Waals surface area contributed by atoms with Gasteiger partial charge in [-0.15, -0.1) is 0 Å². The highest BCUT2D eigenvalue weighted by Gasteiger charge is 2.19. The molecule has 2 aromatic carbocycles. The van der Waals surface area contributed by atoms with Gasteiger partial charge in [-0.3, -0.25) is 0 Å². The summed E-state index contributed by atoms with van der Waals surface area (Å²) in [6, 6.07) is 7.74. The molecule has 0 bridgehead atoms. The van der Waals surface area contributed by atoms with Crippen LogP contribution in [0.2, 0.25) is 15.1 Å². The summed E-state index contributed by atoms with van der Waals surface area (Å²) in [5, 5.41) is 0.690. The van der Waals surface area contributed by atoms with Gasteiger partial charge in [-0.05, 0) is 24.3 Å². The Morgan fingerprint density at radius 3 is 2.52 bits per heavy atom. The van der Waals surface area contributed by atoms with E-state index >= 15 is 0 Å². The van der Waals surface area contributed by atoms with Crippen molar-refractivity contribution in [1.29, 1.82) is 0 Å². The topological polar surface area (TPSA) is 61.5 Å². The molecule has 0 spiro atoms. The smallest absolute Gasteiger partial charge is 0.341 e. The first-order chi connectivity index (χ1) is 9.93. The number of nitrogens with two attached hydrogens (primary N) is 1. The number of halogens is 3. The maximum atomic E-state index is 11.8. The van der Waals surface area contributed by atoms with Gasteiger partial charge in [0.2, 0.25) is 0 Å². The predicted molar refractivity (Wildman–Crippen MR) is 83.7 cm³/mol. The molecule has 0 aliphatic carbocycles. The predicted octanol–water partition coefficient (Wildman–Crippen LogP) is 4.81. The van der Waals surface area contributed by atoms with Gasteiger partial charge in [-0.1, -0.05) is 40.9 Å². The quantitative estimate of drug-likeness (QED) is 0.640. The van der Waals surface area contributed by atoms with Crippen LogP contribution in [-0.4, -0.2) is 13.1 Å². The first-order valence-corrected chi connectivity index (χ1v) is 6.86. The van der Waals surface area contributed by atoms with E-state index in [-0.39, 0.29) is 27.1 Å². The van der Waals surface area contributed by atoms with Crippen LogP contribution in [0.25, 0.3) is 0 Å². The molecule has 0 atom stereocenters. The fourth-order valence-corrected chi connectivity index (χ4v) is 2.25. The number of rotatable bonds is 3. The van der Waals surface area contributed by atoms with Crippen LogP contribution in [0.1, 0.15) is 10.4 Å². The number of carbonyl (C=O) groups excluding carboxylic acids is 1. The summed E-state index contributed by atoms with van der Waals surface area (Å²) in [4.78, 5) is 11.8. The van der Waals surface area contributed by atoms with E-state index in [1.54, 1.807) is 18.2 Å². The van der Waals surface area contributed by atoms with Crippen molar-refractivity contribution in [3.63, 3.8) is 0 Å². The summed E-state index contributed by atoms with van der Waals surface area (Å²) in [5.41, 5.74) is 6.08. The monoisotopic (exact) mass is 345 g/mol. The molecule has 0 aliphatic heterocycles. The molecule has 0 unspecified atom stereocenters. The summed E-state index contributed by atoms with van der Waals surface area (Å²) in [6.45, 7) is 0. The van der Waals surface area contributed by atoms with Crippen molar-refractivity contribution in [1.82, 2.24) is 0 Å². The number of hydrogen-bond acceptors (Lipinski definition) is 4. The van der Waals surface area contributed by atoms with Gasteiger partial charge in [-0.25, -0.2) is 4.79 Å². The maximum Gasteiger partial charge on any atom is 0.341 e. The van der Waals surface area contributed by atoms with Crippen LogP contribution in [0, 0.1) is 0 Å². The molecule has 2 aromatic rings. The highest BCUT2D eigenvalue weighted by molar-refractivity contribution is 6.43. The molecule has 0 amide bonds. The van der Waals surface area contributed by atoms with Crippen molar-refractivity contribution in [2.75, 3.05) is 12.8 Å². The standard InChI is InChI=1S/C14H10Cl3NO3/c1-20-14(19)8-5-7(18)6-10(16)13(8)21-11-4-2-3-9(15)12(11)17/h2-6H,18H2,1H3. The van der Waals surface area contributed by atoms with Crippen molar-refractivity contribution >= 4 is 46.5 Å². The molecule has 4 nitrogen and oxygen atoms in total. The Balaban J connectivity index is 2.53. The Morgan fingerprint density at radius 1 is 1.14 bits per heavy atom. The Bertz CT molecular complexity index is 704. The molecular weight excluding hydrogens is 337 g/mol. The van der Waals surface area contributed by atoms with E-state index in [0.29, 0.717) is 10.7 Å². The number of hydrogen-bond donors (Lipinski definition) is 1. The van der Waals surface area contributed by atoms with Crippen molar-refractivity contribution in [3.05, 3.63) is 51.0 Å². The Labute approximate surface area is 136 Å². The number of nitrogen functional groups attached to an aromatic ring is 1. The van der Waals surface area contributed by atoms with Crippen molar-refractivity contribution in [3.8, 4) is 11.5 Å². The average Bonchev–Trinajstić information content (AvgIpc) is 2.45. The van der Waals surface area contributed by atoms with Crippen LogP contribution in [-0.2, 0) is 4.74 Å². The number of esters is 1. The molecule has 0 saturated carbocycles. The highest BCUT2D eigenvalue weighted by atomic mass is 35.5. The summed E-state index contributed by atoms with van der Waals surface area (Å²) in [7, 11) is 1.25. The molecule has 0 heterocycles. The van der Waals surface area contributed by atoms with Gasteiger partial charge in [0.15, 0.2) is 5.75 Å². The SMILES string of the molecule is COC(=O)c1cc(N)cc(Cl)c1Oc1cccc(Cl)c1Cl. The molecule has 2 rings (SSSR count). The van der Waals surface area contributed by atoms with Gasteiger partial charge in [0.25, 0.3) is 0 Å².